The van der Waals surface area contributed by atoms with Gasteiger partial charge in [-0.3, -0.25) is 4.79 Å². The number of fused-ring (bicyclic) bond motifs is 3. The maximum atomic E-state index is 13.7. The van der Waals surface area contributed by atoms with E-state index in [4.69, 9.17) is 19.9 Å². The number of carbonyl (C=O) groups is 1. The third-order valence-electron chi connectivity index (χ3n) is 6.33. The molecule has 0 bridgehead atoms. The number of morpholine rings is 1. The van der Waals surface area contributed by atoms with Crippen molar-refractivity contribution < 1.29 is 19.0 Å². The van der Waals surface area contributed by atoms with E-state index in [1.54, 1.807) is 23.2 Å². The molecule has 3 aliphatic rings. The molecule has 0 spiro atoms. The molecule has 2 N–H and O–H groups in total. The maximum absolute atomic E-state index is 13.7. The van der Waals surface area contributed by atoms with Crippen LogP contribution in [0, 0.1) is 0 Å². The minimum absolute atomic E-state index is 0.156. The fraction of sp³-hybridized carbons (Fsp3) is 0.435. The molecule has 10 nitrogen and oxygen atoms in total. The highest BCUT2D eigenvalue weighted by Crippen LogP contribution is 2.33. The Morgan fingerprint density at radius 3 is 2.79 bits per heavy atom. The molecule has 10 heteroatoms. The summed E-state index contributed by atoms with van der Waals surface area (Å²) in [6.45, 7) is 3.60. The molecule has 1 saturated heterocycles. The average molecular weight is 448 g/mol. The Labute approximate surface area is 190 Å². The number of pyridine rings is 2. The van der Waals surface area contributed by atoms with Gasteiger partial charge in [0.15, 0.2) is 0 Å². The van der Waals surface area contributed by atoms with E-state index in [-0.39, 0.29) is 24.1 Å². The number of hydrogen-bond donors (Lipinski definition) is 1. The number of nitrogens with zero attached hydrogens (tertiary/aromatic N) is 5. The second-order valence-electron chi connectivity index (χ2n) is 8.76. The van der Waals surface area contributed by atoms with Crippen LogP contribution in [-0.4, -0.2) is 56.3 Å². The summed E-state index contributed by atoms with van der Waals surface area (Å²) in [5, 5.41) is 9.38. The van der Waals surface area contributed by atoms with E-state index in [9.17, 15) is 4.79 Å². The lowest BCUT2D eigenvalue weighted by Crippen LogP contribution is -2.49. The molecule has 1 aliphatic carbocycles. The first-order valence-electron chi connectivity index (χ1n) is 11.1. The normalized spacial score (nSPS) is 22.4. The topological polar surface area (TPSA) is 126 Å². The lowest BCUT2D eigenvalue weighted by atomic mass is 10.0. The zero-order valence-corrected chi connectivity index (χ0v) is 18.2. The van der Waals surface area contributed by atoms with Crippen LogP contribution >= 0.6 is 0 Å². The Morgan fingerprint density at radius 2 is 2.00 bits per heavy atom. The lowest BCUT2D eigenvalue weighted by Gasteiger charge is -2.39. The number of rotatable bonds is 4. The van der Waals surface area contributed by atoms with Gasteiger partial charge in [-0.15, -0.1) is 10.2 Å². The van der Waals surface area contributed by atoms with Gasteiger partial charge >= 0.3 is 0 Å². The van der Waals surface area contributed by atoms with Crippen molar-refractivity contribution in [1.29, 1.82) is 0 Å². The van der Waals surface area contributed by atoms with Crippen LogP contribution in [0.4, 0.5) is 5.82 Å². The van der Waals surface area contributed by atoms with E-state index in [0.29, 0.717) is 55.0 Å². The number of ether oxygens (including phenoxy) is 3. The number of nitrogen functional groups attached to an aromatic ring is 1. The third kappa shape index (κ3) is 3.65. The summed E-state index contributed by atoms with van der Waals surface area (Å²) in [5.74, 6) is 0.760. The molecule has 6 rings (SSSR count). The molecule has 170 valence electrons. The zero-order chi connectivity index (χ0) is 22.5. The highest BCUT2D eigenvalue weighted by atomic mass is 16.5. The van der Waals surface area contributed by atoms with Crippen LogP contribution in [0.1, 0.15) is 53.1 Å². The van der Waals surface area contributed by atoms with Crippen LogP contribution in [0.5, 0.6) is 5.88 Å². The van der Waals surface area contributed by atoms with Crippen molar-refractivity contribution in [2.24, 2.45) is 0 Å². The van der Waals surface area contributed by atoms with Crippen LogP contribution < -0.4 is 10.5 Å². The highest BCUT2D eigenvalue weighted by Gasteiger charge is 2.36. The molecular weight excluding hydrogens is 424 g/mol. The largest absolute Gasteiger partial charge is 0.473 e. The first-order valence-corrected chi connectivity index (χ1v) is 11.1. The third-order valence-corrected chi connectivity index (χ3v) is 6.33. The van der Waals surface area contributed by atoms with E-state index in [0.717, 1.165) is 29.4 Å². The van der Waals surface area contributed by atoms with Crippen LogP contribution in [0.15, 0.2) is 24.4 Å². The van der Waals surface area contributed by atoms with Crippen LogP contribution in [0.2, 0.25) is 0 Å². The van der Waals surface area contributed by atoms with Gasteiger partial charge in [0.05, 0.1) is 55.9 Å². The Kier molecular flexibility index (Phi) is 4.84. The second kappa shape index (κ2) is 7.89. The van der Waals surface area contributed by atoms with E-state index < -0.39 is 0 Å². The molecule has 0 aromatic carbocycles. The first-order chi connectivity index (χ1) is 16.1. The van der Waals surface area contributed by atoms with Crippen molar-refractivity contribution in [2.45, 2.75) is 51.2 Å². The Hall–Kier alpha value is -3.37. The molecule has 3 aromatic heterocycles. The molecule has 1 saturated carbocycles. The number of anilines is 1. The van der Waals surface area contributed by atoms with Crippen molar-refractivity contribution in [1.82, 2.24) is 25.1 Å². The minimum Gasteiger partial charge on any atom is -0.473 e. The molecule has 3 aromatic rings. The standard InChI is InChI=1S/C23H24N6O4/c1-12-8-31-11-20(17-4-5-21(28-27-17)33-13-2-3-13)29(12)23(30)18-6-14-15-9-32-10-16(15)22(24)26-19(14)7-25-18/h4-7,12-13,20H,2-3,8-11H2,1H3,(H2,24,26)/t12-,20-/m1/s1. The van der Waals surface area contributed by atoms with E-state index in [1.807, 2.05) is 13.0 Å². The van der Waals surface area contributed by atoms with Gasteiger partial charge in [0.2, 0.25) is 5.88 Å². The van der Waals surface area contributed by atoms with Gasteiger partial charge in [0.25, 0.3) is 5.91 Å². The quantitative estimate of drug-likeness (QED) is 0.639. The van der Waals surface area contributed by atoms with Gasteiger partial charge in [-0.25, -0.2) is 9.97 Å². The first kappa shape index (κ1) is 20.3. The minimum atomic E-state index is -0.375. The van der Waals surface area contributed by atoms with Gasteiger partial charge in [-0.05, 0) is 37.5 Å². The number of aromatic nitrogens is 4. The molecule has 2 fully saturated rings. The van der Waals surface area contributed by atoms with Crippen molar-refractivity contribution in [3.63, 3.8) is 0 Å². The van der Waals surface area contributed by atoms with Gasteiger partial charge in [0.1, 0.15) is 17.6 Å². The van der Waals surface area contributed by atoms with E-state index in [1.165, 1.54) is 0 Å². The molecule has 2 aliphatic heterocycles. The number of nitrogens with two attached hydrogens (primary N) is 1. The van der Waals surface area contributed by atoms with Crippen LogP contribution in [0.25, 0.3) is 10.9 Å². The fourth-order valence-electron chi connectivity index (χ4n) is 4.44. The molecule has 1 amide bonds. The Bertz CT molecular complexity index is 1230. The van der Waals surface area contributed by atoms with Gasteiger partial charge < -0.3 is 24.8 Å². The van der Waals surface area contributed by atoms with Crippen LogP contribution in [-0.2, 0) is 22.7 Å². The molecule has 0 unspecified atom stereocenters. The molecular formula is C23H24N6O4. The van der Waals surface area contributed by atoms with Crippen molar-refractivity contribution >= 4 is 22.6 Å². The van der Waals surface area contributed by atoms with Crippen molar-refractivity contribution in [2.75, 3.05) is 18.9 Å². The molecule has 5 heterocycles. The smallest absolute Gasteiger partial charge is 0.273 e. The fourth-order valence-corrected chi connectivity index (χ4v) is 4.44. The Balaban J connectivity index is 1.33. The number of hydrogen-bond acceptors (Lipinski definition) is 9. The van der Waals surface area contributed by atoms with Crippen LogP contribution in [0.3, 0.4) is 0 Å². The van der Waals surface area contributed by atoms with E-state index in [2.05, 4.69) is 20.2 Å². The summed E-state index contributed by atoms with van der Waals surface area (Å²) < 4.78 is 17.0. The molecule has 2 atom stereocenters. The van der Waals surface area contributed by atoms with Crippen molar-refractivity contribution in [3.8, 4) is 5.88 Å². The molecule has 0 radical (unpaired) electrons. The molecule has 33 heavy (non-hydrogen) atoms. The highest BCUT2D eigenvalue weighted by molar-refractivity contribution is 5.97. The predicted molar refractivity (Wildman–Crippen MR) is 117 cm³/mol. The number of carbonyl (C=O) groups excluding carboxylic acids is 1. The van der Waals surface area contributed by atoms with Gasteiger partial charge in [-0.2, -0.15) is 0 Å². The monoisotopic (exact) mass is 448 g/mol. The zero-order valence-electron chi connectivity index (χ0n) is 18.2. The predicted octanol–water partition coefficient (Wildman–Crippen LogP) is 2.18. The lowest BCUT2D eigenvalue weighted by molar-refractivity contribution is -0.0332. The second-order valence-corrected chi connectivity index (χ2v) is 8.76. The summed E-state index contributed by atoms with van der Waals surface area (Å²) >= 11 is 0. The summed E-state index contributed by atoms with van der Waals surface area (Å²) in [6, 6.07) is 4.91. The number of amides is 1. The van der Waals surface area contributed by atoms with Gasteiger partial charge in [-0.1, -0.05) is 0 Å². The maximum Gasteiger partial charge on any atom is 0.273 e. The van der Waals surface area contributed by atoms with E-state index >= 15 is 0 Å². The Morgan fingerprint density at radius 1 is 1.15 bits per heavy atom. The average Bonchev–Trinajstić information content (AvgIpc) is 3.49. The summed E-state index contributed by atoms with van der Waals surface area (Å²) in [6.07, 6.45) is 3.95. The van der Waals surface area contributed by atoms with Crippen molar-refractivity contribution in [3.05, 3.63) is 46.9 Å². The summed E-state index contributed by atoms with van der Waals surface area (Å²) in [5.41, 5.74) is 9.56. The summed E-state index contributed by atoms with van der Waals surface area (Å²) in [7, 11) is 0. The SMILES string of the molecule is C[C@@H]1COC[C@H](c2ccc(OC3CC3)nn2)N1C(=O)c1cc2c3c(c(N)nc2cn1)COC3. The summed E-state index contributed by atoms with van der Waals surface area (Å²) in [4.78, 5) is 24.3. The van der Waals surface area contributed by atoms with Gasteiger partial charge in [0, 0.05) is 17.0 Å².